The van der Waals surface area contributed by atoms with Gasteiger partial charge in [0.2, 0.25) is 5.91 Å². The van der Waals surface area contributed by atoms with Crippen molar-refractivity contribution in [2.45, 2.75) is 36.8 Å². The smallest absolute Gasteiger partial charge is 0.272 e. The van der Waals surface area contributed by atoms with Gasteiger partial charge >= 0.3 is 0 Å². The van der Waals surface area contributed by atoms with E-state index in [0.29, 0.717) is 34.2 Å². The number of thioether (sulfide) groups is 1. The number of nitrogens with one attached hydrogen (secondary N) is 3. The van der Waals surface area contributed by atoms with Gasteiger partial charge in [-0.3, -0.25) is 14.4 Å². The lowest BCUT2D eigenvalue weighted by Gasteiger charge is -2.14. The fourth-order valence-electron chi connectivity index (χ4n) is 4.30. The molecular weight excluding hydrogens is 586 g/mol. The van der Waals surface area contributed by atoms with E-state index in [1.165, 1.54) is 24.4 Å². The van der Waals surface area contributed by atoms with Crippen molar-refractivity contribution in [3.63, 3.8) is 0 Å². The summed E-state index contributed by atoms with van der Waals surface area (Å²) in [4.78, 5) is 40.1. The lowest BCUT2D eigenvalue weighted by molar-refractivity contribution is -0.115. The first kappa shape index (κ1) is 32.9. The molecule has 0 heterocycles. The van der Waals surface area contributed by atoms with Gasteiger partial charge in [-0.2, -0.15) is 0 Å². The Kier molecular flexibility index (Phi) is 11.4. The normalized spacial score (nSPS) is 11.8. The molecule has 4 aromatic carbocycles. The predicted molar refractivity (Wildman–Crippen MR) is 181 cm³/mol. The summed E-state index contributed by atoms with van der Waals surface area (Å²) < 4.78 is 10.8. The van der Waals surface area contributed by atoms with E-state index in [2.05, 4.69) is 29.8 Å². The van der Waals surface area contributed by atoms with E-state index >= 15 is 0 Å². The average molecular weight is 624 g/mol. The highest BCUT2D eigenvalue weighted by molar-refractivity contribution is 8.00. The first-order chi connectivity index (χ1) is 21.7. The van der Waals surface area contributed by atoms with Gasteiger partial charge < -0.3 is 25.4 Å². The van der Waals surface area contributed by atoms with Gasteiger partial charge in [-0.25, -0.2) is 0 Å². The third kappa shape index (κ3) is 9.23. The Labute approximate surface area is 268 Å². The van der Waals surface area contributed by atoms with Crippen LogP contribution in [-0.4, -0.2) is 37.2 Å². The van der Waals surface area contributed by atoms with E-state index in [-0.39, 0.29) is 16.9 Å². The summed E-state index contributed by atoms with van der Waals surface area (Å²) >= 11 is 1.41. The zero-order chi connectivity index (χ0) is 32.3. The van der Waals surface area contributed by atoms with E-state index in [4.69, 9.17) is 9.47 Å². The van der Waals surface area contributed by atoms with Crippen molar-refractivity contribution < 1.29 is 23.9 Å². The minimum Gasteiger partial charge on any atom is -0.497 e. The zero-order valence-electron chi connectivity index (χ0n) is 25.9. The molecule has 1 atom stereocenters. The standard InChI is InChI=1S/C36H37N3O5S/c1-23(2)25-11-14-28(15-12-25)37-34(40)24(3)45-31-19-16-29(17-20-31)38-36(42)32(39-35(41)26-9-7-6-8-10-26)21-27-13-18-30(43-4)22-33(27)44-5/h6-24H,1-5H3,(H,37,40)(H,38,42)(H,39,41)/b32-21-. The summed E-state index contributed by atoms with van der Waals surface area (Å²) in [5.41, 5.74) is 3.50. The summed E-state index contributed by atoms with van der Waals surface area (Å²) in [6.45, 7) is 6.10. The Morgan fingerprint density at radius 1 is 0.756 bits per heavy atom. The van der Waals surface area contributed by atoms with E-state index in [0.717, 1.165) is 10.6 Å². The quantitative estimate of drug-likeness (QED) is 0.113. The van der Waals surface area contributed by atoms with Crippen molar-refractivity contribution in [3.05, 3.63) is 119 Å². The van der Waals surface area contributed by atoms with Crippen molar-refractivity contribution in [1.82, 2.24) is 5.32 Å². The van der Waals surface area contributed by atoms with Crippen LogP contribution in [0.4, 0.5) is 11.4 Å². The van der Waals surface area contributed by atoms with Crippen LogP contribution in [0, 0.1) is 0 Å². The number of anilines is 2. The van der Waals surface area contributed by atoms with Crippen LogP contribution in [0.1, 0.15) is 48.2 Å². The van der Waals surface area contributed by atoms with E-state index < -0.39 is 11.8 Å². The first-order valence-corrected chi connectivity index (χ1v) is 15.3. The SMILES string of the molecule is COc1ccc(/C=C(\NC(=O)c2ccccc2)C(=O)Nc2ccc(SC(C)C(=O)Nc3ccc(C(C)C)cc3)cc2)c(OC)c1. The molecule has 0 radical (unpaired) electrons. The topological polar surface area (TPSA) is 106 Å². The summed E-state index contributed by atoms with van der Waals surface area (Å²) in [6.07, 6.45) is 1.55. The number of rotatable bonds is 12. The lowest BCUT2D eigenvalue weighted by atomic mass is 10.0. The second kappa shape index (κ2) is 15.6. The molecule has 4 aromatic rings. The molecule has 9 heteroatoms. The van der Waals surface area contributed by atoms with Gasteiger partial charge in [-0.15, -0.1) is 11.8 Å². The summed E-state index contributed by atoms with van der Waals surface area (Å²) in [5, 5.41) is 8.20. The monoisotopic (exact) mass is 623 g/mol. The summed E-state index contributed by atoms with van der Waals surface area (Å²) in [7, 11) is 3.07. The van der Waals surface area contributed by atoms with Gasteiger partial charge in [0.25, 0.3) is 11.8 Å². The molecule has 3 N–H and O–H groups in total. The Morgan fingerprint density at radius 3 is 2.02 bits per heavy atom. The molecule has 0 aromatic heterocycles. The second-order valence-electron chi connectivity index (χ2n) is 10.5. The highest BCUT2D eigenvalue weighted by Crippen LogP contribution is 2.28. The van der Waals surface area contributed by atoms with Crippen LogP contribution in [0.2, 0.25) is 0 Å². The first-order valence-electron chi connectivity index (χ1n) is 14.5. The molecule has 0 aliphatic carbocycles. The Morgan fingerprint density at radius 2 is 1.40 bits per heavy atom. The van der Waals surface area contributed by atoms with Gasteiger partial charge in [0.05, 0.1) is 19.5 Å². The third-order valence-corrected chi connectivity index (χ3v) is 8.02. The molecular formula is C36H37N3O5S. The Bertz CT molecular complexity index is 1650. The molecule has 0 saturated carbocycles. The van der Waals surface area contributed by atoms with Crippen LogP contribution < -0.4 is 25.4 Å². The highest BCUT2D eigenvalue weighted by Gasteiger charge is 2.18. The van der Waals surface area contributed by atoms with Crippen molar-refractivity contribution >= 4 is 46.9 Å². The molecule has 4 rings (SSSR count). The Balaban J connectivity index is 1.45. The number of ether oxygens (including phenoxy) is 2. The van der Waals surface area contributed by atoms with E-state index in [1.807, 2.05) is 49.4 Å². The minimum atomic E-state index is -0.520. The van der Waals surface area contributed by atoms with Gasteiger partial charge in [-0.05, 0) is 85.1 Å². The zero-order valence-corrected chi connectivity index (χ0v) is 26.7. The fourth-order valence-corrected chi connectivity index (χ4v) is 5.17. The minimum absolute atomic E-state index is 0.0255. The van der Waals surface area contributed by atoms with Crippen LogP contribution in [0.5, 0.6) is 11.5 Å². The third-order valence-electron chi connectivity index (χ3n) is 6.91. The van der Waals surface area contributed by atoms with Gasteiger partial charge in [0, 0.05) is 33.5 Å². The van der Waals surface area contributed by atoms with Crippen LogP contribution in [-0.2, 0) is 9.59 Å². The van der Waals surface area contributed by atoms with Gasteiger partial charge in [0.15, 0.2) is 0 Å². The molecule has 0 saturated heterocycles. The number of amides is 3. The van der Waals surface area contributed by atoms with Crippen LogP contribution >= 0.6 is 11.8 Å². The van der Waals surface area contributed by atoms with Crippen molar-refractivity contribution in [2.24, 2.45) is 0 Å². The summed E-state index contributed by atoms with van der Waals surface area (Å²) in [6, 6.07) is 28.8. The Hall–Kier alpha value is -5.02. The largest absolute Gasteiger partial charge is 0.497 e. The maximum atomic E-state index is 13.5. The van der Waals surface area contributed by atoms with Crippen molar-refractivity contribution in [1.29, 1.82) is 0 Å². The molecule has 0 fully saturated rings. The lowest BCUT2D eigenvalue weighted by Crippen LogP contribution is -2.30. The number of benzene rings is 4. The highest BCUT2D eigenvalue weighted by atomic mass is 32.2. The van der Waals surface area contributed by atoms with Crippen molar-refractivity contribution in [2.75, 3.05) is 24.9 Å². The number of methoxy groups -OCH3 is 2. The van der Waals surface area contributed by atoms with Gasteiger partial charge in [-0.1, -0.05) is 44.2 Å². The van der Waals surface area contributed by atoms with E-state index in [1.54, 1.807) is 67.8 Å². The van der Waals surface area contributed by atoms with Gasteiger partial charge in [0.1, 0.15) is 17.2 Å². The number of hydrogen-bond donors (Lipinski definition) is 3. The molecule has 0 aliphatic heterocycles. The molecule has 1 unspecified atom stereocenters. The molecule has 8 nitrogen and oxygen atoms in total. The van der Waals surface area contributed by atoms with E-state index in [9.17, 15) is 14.4 Å². The fraction of sp³-hybridized carbons (Fsp3) is 0.194. The molecule has 0 spiro atoms. The molecule has 0 aliphatic rings. The molecule has 3 amide bonds. The molecule has 45 heavy (non-hydrogen) atoms. The molecule has 0 bridgehead atoms. The second-order valence-corrected chi connectivity index (χ2v) is 11.9. The summed E-state index contributed by atoms with van der Waals surface area (Å²) in [5.74, 6) is 0.430. The van der Waals surface area contributed by atoms with Crippen LogP contribution in [0.25, 0.3) is 6.08 Å². The molecule has 232 valence electrons. The number of carbonyl (C=O) groups excluding carboxylic acids is 3. The van der Waals surface area contributed by atoms with Crippen molar-refractivity contribution in [3.8, 4) is 11.5 Å². The van der Waals surface area contributed by atoms with Crippen LogP contribution in [0.3, 0.4) is 0 Å². The maximum Gasteiger partial charge on any atom is 0.272 e. The predicted octanol–water partition coefficient (Wildman–Crippen LogP) is 7.36. The van der Waals surface area contributed by atoms with Crippen LogP contribution in [0.15, 0.2) is 108 Å². The maximum absolute atomic E-state index is 13.5. The number of carbonyl (C=O) groups is 3. The average Bonchev–Trinajstić information content (AvgIpc) is 3.05. The number of hydrogen-bond acceptors (Lipinski definition) is 6.